The number of unbranched alkanes of at least 4 members (excludes halogenated alkanes) is 16. The van der Waals surface area contributed by atoms with Crippen LogP contribution in [0.1, 0.15) is 136 Å². The van der Waals surface area contributed by atoms with E-state index >= 15 is 0 Å². The average molecular weight is 349 g/mol. The van der Waals surface area contributed by atoms with Gasteiger partial charge in [0.05, 0.1) is 0 Å². The molecule has 0 unspecified atom stereocenters. The van der Waals surface area contributed by atoms with Crippen LogP contribution in [-0.4, -0.2) is 0 Å². The smallest absolute Gasteiger partial charge is 0.0316 e. The molecule has 0 heteroatoms. The van der Waals surface area contributed by atoms with E-state index < -0.39 is 0 Å². The van der Waals surface area contributed by atoms with Gasteiger partial charge in [0.25, 0.3) is 0 Å². The van der Waals surface area contributed by atoms with Gasteiger partial charge in [0, 0.05) is 0 Å². The van der Waals surface area contributed by atoms with Crippen LogP contribution in [0.15, 0.2) is 24.3 Å². The van der Waals surface area contributed by atoms with Gasteiger partial charge in [-0.05, 0) is 38.5 Å². The Morgan fingerprint density at radius 1 is 0.320 bits per heavy atom. The minimum absolute atomic E-state index is 1.23. The van der Waals surface area contributed by atoms with Crippen molar-refractivity contribution in [2.24, 2.45) is 0 Å². The largest absolute Gasteiger partial charge is 0.0885 e. The number of rotatable bonds is 20. The molecule has 0 atom stereocenters. The van der Waals surface area contributed by atoms with Crippen molar-refractivity contribution < 1.29 is 0 Å². The van der Waals surface area contributed by atoms with Gasteiger partial charge in [-0.15, -0.1) is 0 Å². The van der Waals surface area contributed by atoms with Crippen molar-refractivity contribution in [2.75, 3.05) is 0 Å². The van der Waals surface area contributed by atoms with E-state index in [2.05, 4.69) is 38.2 Å². The summed E-state index contributed by atoms with van der Waals surface area (Å²) in [6.07, 6.45) is 35.9. The summed E-state index contributed by atoms with van der Waals surface area (Å²) >= 11 is 0. The molecule has 0 aliphatic carbocycles. The van der Waals surface area contributed by atoms with Crippen LogP contribution < -0.4 is 0 Å². The Labute approximate surface area is 160 Å². The third kappa shape index (κ3) is 23.5. The van der Waals surface area contributed by atoms with Gasteiger partial charge in [-0.2, -0.15) is 0 Å². The summed E-state index contributed by atoms with van der Waals surface area (Å²) in [5, 5.41) is 0. The Morgan fingerprint density at radius 3 is 0.960 bits per heavy atom. The molecule has 0 nitrogen and oxygen atoms in total. The van der Waals surface area contributed by atoms with Crippen LogP contribution in [-0.2, 0) is 0 Å². The van der Waals surface area contributed by atoms with Gasteiger partial charge >= 0.3 is 0 Å². The fourth-order valence-electron chi connectivity index (χ4n) is 3.28. The molecule has 0 aliphatic heterocycles. The van der Waals surface area contributed by atoms with Gasteiger partial charge in [-0.1, -0.05) is 122 Å². The van der Waals surface area contributed by atoms with E-state index in [1.54, 1.807) is 0 Å². The quantitative estimate of drug-likeness (QED) is 0.152. The van der Waals surface area contributed by atoms with Crippen LogP contribution in [0.5, 0.6) is 0 Å². The molecule has 0 amide bonds. The SMILES string of the molecule is CCCCCCCC/C=C\CC/C=C\CCCCCCCCCCC. The number of hydrogen-bond donors (Lipinski definition) is 0. The van der Waals surface area contributed by atoms with E-state index in [0.717, 1.165) is 0 Å². The van der Waals surface area contributed by atoms with Gasteiger partial charge in [0.2, 0.25) is 0 Å². The molecule has 0 aromatic rings. The second-order valence-electron chi connectivity index (χ2n) is 7.69. The lowest BCUT2D eigenvalue weighted by Crippen LogP contribution is -1.80. The highest BCUT2D eigenvalue weighted by Crippen LogP contribution is 2.11. The lowest BCUT2D eigenvalue weighted by atomic mass is 10.1. The van der Waals surface area contributed by atoms with E-state index in [1.165, 1.54) is 122 Å². The molecule has 148 valence electrons. The molecule has 0 aliphatic rings. The summed E-state index contributed by atoms with van der Waals surface area (Å²) in [5.41, 5.74) is 0. The van der Waals surface area contributed by atoms with Crippen molar-refractivity contribution in [2.45, 2.75) is 136 Å². The van der Waals surface area contributed by atoms with Crippen LogP contribution >= 0.6 is 0 Å². The van der Waals surface area contributed by atoms with Crippen molar-refractivity contribution >= 4 is 0 Å². The van der Waals surface area contributed by atoms with Crippen LogP contribution in [0.3, 0.4) is 0 Å². The maximum atomic E-state index is 2.41. The van der Waals surface area contributed by atoms with Crippen molar-refractivity contribution in [1.82, 2.24) is 0 Å². The highest BCUT2D eigenvalue weighted by molar-refractivity contribution is 4.88. The van der Waals surface area contributed by atoms with E-state index in [0.29, 0.717) is 0 Å². The maximum absolute atomic E-state index is 2.41. The summed E-state index contributed by atoms with van der Waals surface area (Å²) in [7, 11) is 0. The lowest BCUT2D eigenvalue weighted by molar-refractivity contribution is 0.566. The minimum Gasteiger partial charge on any atom is -0.0885 e. The summed E-state index contributed by atoms with van der Waals surface area (Å²) in [5.74, 6) is 0. The van der Waals surface area contributed by atoms with E-state index in [4.69, 9.17) is 0 Å². The summed E-state index contributed by atoms with van der Waals surface area (Å²) in [6.45, 7) is 4.58. The molecular weight excluding hydrogens is 300 g/mol. The molecule has 0 aromatic heterocycles. The first-order valence-corrected chi connectivity index (χ1v) is 11.7. The molecule has 0 rings (SSSR count). The van der Waals surface area contributed by atoms with Gasteiger partial charge < -0.3 is 0 Å². The first kappa shape index (κ1) is 24.5. The van der Waals surface area contributed by atoms with E-state index in [9.17, 15) is 0 Å². The summed E-state index contributed by atoms with van der Waals surface area (Å²) in [6, 6.07) is 0. The van der Waals surface area contributed by atoms with Crippen LogP contribution in [0, 0.1) is 0 Å². The van der Waals surface area contributed by atoms with Crippen molar-refractivity contribution in [3.05, 3.63) is 24.3 Å². The van der Waals surface area contributed by atoms with Gasteiger partial charge in [0.15, 0.2) is 0 Å². The van der Waals surface area contributed by atoms with Crippen LogP contribution in [0.25, 0.3) is 0 Å². The number of allylic oxidation sites excluding steroid dienone is 4. The van der Waals surface area contributed by atoms with E-state index in [-0.39, 0.29) is 0 Å². The number of hydrogen-bond acceptors (Lipinski definition) is 0. The molecule has 0 radical (unpaired) electrons. The first-order valence-electron chi connectivity index (χ1n) is 11.7. The molecular formula is C25H48. The molecule has 0 N–H and O–H groups in total. The average Bonchev–Trinajstić information content (AvgIpc) is 2.63. The van der Waals surface area contributed by atoms with Crippen molar-refractivity contribution in [1.29, 1.82) is 0 Å². The summed E-state index contributed by atoms with van der Waals surface area (Å²) in [4.78, 5) is 0. The normalized spacial score (nSPS) is 11.9. The maximum Gasteiger partial charge on any atom is -0.0316 e. The Kier molecular flexibility index (Phi) is 23.0. The first-order chi connectivity index (χ1) is 12.4. The topological polar surface area (TPSA) is 0 Å². The zero-order chi connectivity index (χ0) is 18.3. The lowest BCUT2D eigenvalue weighted by Gasteiger charge is -2.00. The Balaban J connectivity index is 3.13. The predicted octanol–water partition coefficient (Wildman–Crippen LogP) is 9.55. The van der Waals surface area contributed by atoms with Crippen LogP contribution in [0.2, 0.25) is 0 Å². The third-order valence-electron chi connectivity index (χ3n) is 5.03. The minimum atomic E-state index is 1.23. The fraction of sp³-hybridized carbons (Fsp3) is 0.840. The zero-order valence-corrected chi connectivity index (χ0v) is 17.7. The third-order valence-corrected chi connectivity index (χ3v) is 5.03. The second-order valence-corrected chi connectivity index (χ2v) is 7.69. The Morgan fingerprint density at radius 2 is 0.600 bits per heavy atom. The molecule has 0 bridgehead atoms. The molecule has 0 fully saturated rings. The van der Waals surface area contributed by atoms with Crippen LogP contribution in [0.4, 0.5) is 0 Å². The fourth-order valence-corrected chi connectivity index (χ4v) is 3.28. The van der Waals surface area contributed by atoms with Gasteiger partial charge in [-0.25, -0.2) is 0 Å². The molecule has 0 aromatic carbocycles. The Bertz CT molecular complexity index is 274. The molecule has 25 heavy (non-hydrogen) atoms. The standard InChI is InChI=1S/C25H48/c1-3-5-7-9-11-13-15-17-19-21-23-25-24-22-20-18-16-14-12-10-8-6-4-2/h17,19,24-25H,3-16,18,20-23H2,1-2H3/b19-17-,25-24-. The van der Waals surface area contributed by atoms with Gasteiger partial charge in [0.1, 0.15) is 0 Å². The Hall–Kier alpha value is -0.520. The molecule has 0 heterocycles. The van der Waals surface area contributed by atoms with Gasteiger partial charge in [-0.3, -0.25) is 0 Å². The zero-order valence-electron chi connectivity index (χ0n) is 17.7. The van der Waals surface area contributed by atoms with Crippen molar-refractivity contribution in [3.63, 3.8) is 0 Å². The second kappa shape index (κ2) is 23.5. The van der Waals surface area contributed by atoms with E-state index in [1.807, 2.05) is 0 Å². The summed E-state index contributed by atoms with van der Waals surface area (Å²) < 4.78 is 0. The van der Waals surface area contributed by atoms with Crippen molar-refractivity contribution in [3.8, 4) is 0 Å². The monoisotopic (exact) mass is 348 g/mol. The molecule has 0 saturated heterocycles. The highest BCUT2D eigenvalue weighted by Gasteiger charge is 1.91. The molecule has 0 spiro atoms. The highest BCUT2D eigenvalue weighted by atomic mass is 14.0. The predicted molar refractivity (Wildman–Crippen MR) is 117 cm³/mol. The molecule has 0 saturated carbocycles.